The maximum atomic E-state index is 13.2. The molecule has 1 aromatic heterocycles. The van der Waals surface area contributed by atoms with Crippen molar-refractivity contribution in [2.24, 2.45) is 0 Å². The lowest BCUT2D eigenvalue weighted by Gasteiger charge is -2.32. The Labute approximate surface area is 176 Å². The van der Waals surface area contributed by atoms with Crippen molar-refractivity contribution >= 4 is 17.5 Å². The van der Waals surface area contributed by atoms with Crippen LogP contribution in [0.15, 0.2) is 79.1 Å². The number of pyridine rings is 1. The number of para-hydroxylation sites is 1. The summed E-state index contributed by atoms with van der Waals surface area (Å²) < 4.78 is 0. The van der Waals surface area contributed by atoms with E-state index >= 15 is 0 Å². The van der Waals surface area contributed by atoms with Gasteiger partial charge >= 0.3 is 0 Å². The van der Waals surface area contributed by atoms with Gasteiger partial charge < -0.3 is 15.1 Å². The van der Waals surface area contributed by atoms with Gasteiger partial charge in [-0.05, 0) is 24.3 Å². The van der Waals surface area contributed by atoms with Crippen LogP contribution in [0.5, 0.6) is 0 Å². The Kier molecular flexibility index (Phi) is 6.15. The van der Waals surface area contributed by atoms with Gasteiger partial charge in [-0.1, -0.05) is 42.5 Å². The highest BCUT2D eigenvalue weighted by atomic mass is 16.2. The Balaban J connectivity index is 1.40. The highest BCUT2D eigenvalue weighted by molar-refractivity contribution is 6.08. The third kappa shape index (κ3) is 4.72. The molecule has 2 N–H and O–H groups in total. The number of carbonyl (C=O) groups is 2. The van der Waals surface area contributed by atoms with Gasteiger partial charge in [0.2, 0.25) is 0 Å². The van der Waals surface area contributed by atoms with Crippen LogP contribution in [0.2, 0.25) is 0 Å². The van der Waals surface area contributed by atoms with E-state index in [1.807, 2.05) is 23.1 Å². The van der Waals surface area contributed by atoms with E-state index in [4.69, 9.17) is 0 Å². The minimum atomic E-state index is -0.277. The Hall–Kier alpha value is -3.51. The van der Waals surface area contributed by atoms with Crippen molar-refractivity contribution < 1.29 is 14.5 Å². The van der Waals surface area contributed by atoms with Crippen LogP contribution < -0.4 is 10.2 Å². The number of nitrogens with one attached hydrogen (secondary N) is 2. The van der Waals surface area contributed by atoms with Gasteiger partial charge in [0.05, 0.1) is 43.0 Å². The second-order valence-corrected chi connectivity index (χ2v) is 7.45. The third-order valence-electron chi connectivity index (χ3n) is 5.38. The number of nitrogens with zero attached hydrogens (tertiary/aromatic N) is 2. The van der Waals surface area contributed by atoms with E-state index in [-0.39, 0.29) is 11.8 Å². The maximum Gasteiger partial charge on any atom is 0.257 e. The van der Waals surface area contributed by atoms with Gasteiger partial charge in [0, 0.05) is 18.0 Å². The quantitative estimate of drug-likeness (QED) is 0.686. The smallest absolute Gasteiger partial charge is 0.257 e. The molecule has 1 aliphatic heterocycles. The first kappa shape index (κ1) is 19.8. The van der Waals surface area contributed by atoms with Crippen molar-refractivity contribution in [2.45, 2.75) is 6.54 Å². The first-order valence-electron chi connectivity index (χ1n) is 10.2. The number of amides is 2. The standard InChI is InChI=1S/C24H24N4O2/c29-23(20-9-6-12-25-17-20)26-22-11-5-4-10-21(22)24(30)28-15-13-27(14-16-28)18-19-7-2-1-3-8-19/h1-12,17H,13-16,18H2,(H,26,29)/p+1. The summed E-state index contributed by atoms with van der Waals surface area (Å²) in [5.74, 6) is -0.323. The average molecular weight is 401 g/mol. The van der Waals surface area contributed by atoms with Gasteiger partial charge in [0.25, 0.3) is 11.8 Å². The van der Waals surface area contributed by atoms with Crippen molar-refractivity contribution in [2.75, 3.05) is 31.5 Å². The fraction of sp³-hybridized carbons (Fsp3) is 0.208. The first-order valence-corrected chi connectivity index (χ1v) is 10.2. The van der Waals surface area contributed by atoms with E-state index in [0.29, 0.717) is 29.9 Å². The number of quaternary nitrogens is 1. The molecular weight excluding hydrogens is 376 g/mol. The van der Waals surface area contributed by atoms with Gasteiger partial charge in [0.1, 0.15) is 6.54 Å². The van der Waals surface area contributed by atoms with Crippen molar-refractivity contribution in [3.05, 3.63) is 95.8 Å². The van der Waals surface area contributed by atoms with Crippen LogP contribution in [0.4, 0.5) is 5.69 Å². The molecule has 1 fully saturated rings. The monoisotopic (exact) mass is 401 g/mol. The van der Waals surface area contributed by atoms with E-state index in [9.17, 15) is 9.59 Å². The molecule has 2 amide bonds. The third-order valence-corrected chi connectivity index (χ3v) is 5.38. The molecule has 2 heterocycles. The van der Waals surface area contributed by atoms with Crippen molar-refractivity contribution in [3.63, 3.8) is 0 Å². The SMILES string of the molecule is O=C(Nc1ccccc1C(=O)N1CC[NH+](Cc2ccccc2)CC1)c1cccnc1. The minimum Gasteiger partial charge on any atom is -0.328 e. The van der Waals surface area contributed by atoms with Crippen LogP contribution in [0.25, 0.3) is 0 Å². The van der Waals surface area contributed by atoms with Gasteiger partial charge in [0.15, 0.2) is 0 Å². The zero-order chi connectivity index (χ0) is 20.8. The number of rotatable bonds is 5. The molecule has 0 saturated carbocycles. The van der Waals surface area contributed by atoms with Crippen molar-refractivity contribution in [1.29, 1.82) is 0 Å². The molecule has 30 heavy (non-hydrogen) atoms. The molecule has 2 aromatic carbocycles. The summed E-state index contributed by atoms with van der Waals surface area (Å²) in [5, 5.41) is 2.86. The summed E-state index contributed by atoms with van der Waals surface area (Å²) in [4.78, 5) is 33.0. The molecule has 1 aliphatic rings. The Morgan fingerprint density at radius 2 is 1.67 bits per heavy atom. The molecule has 0 atom stereocenters. The zero-order valence-electron chi connectivity index (χ0n) is 16.8. The molecule has 152 valence electrons. The van der Waals surface area contributed by atoms with Crippen LogP contribution in [0.1, 0.15) is 26.3 Å². The number of aromatic nitrogens is 1. The molecule has 0 spiro atoms. The lowest BCUT2D eigenvalue weighted by atomic mass is 10.1. The van der Waals surface area contributed by atoms with E-state index in [1.54, 1.807) is 30.5 Å². The fourth-order valence-corrected chi connectivity index (χ4v) is 3.73. The van der Waals surface area contributed by atoms with Crippen LogP contribution in [-0.4, -0.2) is 47.9 Å². The fourth-order valence-electron chi connectivity index (χ4n) is 3.73. The van der Waals surface area contributed by atoms with E-state index in [1.165, 1.54) is 16.7 Å². The van der Waals surface area contributed by atoms with Gasteiger partial charge in [-0.3, -0.25) is 14.6 Å². The highest BCUT2D eigenvalue weighted by Gasteiger charge is 2.26. The van der Waals surface area contributed by atoms with E-state index in [2.05, 4.69) is 34.6 Å². The number of hydrogen-bond acceptors (Lipinski definition) is 3. The highest BCUT2D eigenvalue weighted by Crippen LogP contribution is 2.18. The van der Waals surface area contributed by atoms with Gasteiger partial charge in [-0.25, -0.2) is 0 Å². The normalized spacial score (nSPS) is 14.3. The molecule has 3 aromatic rings. The van der Waals surface area contributed by atoms with E-state index in [0.717, 1.165) is 19.6 Å². The topological polar surface area (TPSA) is 66.7 Å². The summed E-state index contributed by atoms with van der Waals surface area (Å²) in [6, 6.07) is 21.0. The molecule has 0 radical (unpaired) electrons. The maximum absolute atomic E-state index is 13.2. The summed E-state index contributed by atoms with van der Waals surface area (Å²) in [6.07, 6.45) is 3.13. The lowest BCUT2D eigenvalue weighted by Crippen LogP contribution is -3.13. The van der Waals surface area contributed by atoms with Crippen LogP contribution in [0, 0.1) is 0 Å². The molecule has 6 nitrogen and oxygen atoms in total. The first-order chi connectivity index (χ1) is 14.7. The summed E-state index contributed by atoms with van der Waals surface area (Å²) >= 11 is 0. The summed E-state index contributed by atoms with van der Waals surface area (Å²) in [5.41, 5.74) is 2.81. The number of carbonyl (C=O) groups excluding carboxylic acids is 2. The minimum absolute atomic E-state index is 0.0455. The Morgan fingerprint density at radius 3 is 2.40 bits per heavy atom. The zero-order valence-corrected chi connectivity index (χ0v) is 16.8. The second-order valence-electron chi connectivity index (χ2n) is 7.45. The second kappa shape index (κ2) is 9.33. The van der Waals surface area contributed by atoms with Gasteiger partial charge in [-0.2, -0.15) is 0 Å². The molecule has 0 bridgehead atoms. The van der Waals surface area contributed by atoms with E-state index < -0.39 is 0 Å². The molecule has 0 unspecified atom stereocenters. The van der Waals surface area contributed by atoms with Gasteiger partial charge in [-0.15, -0.1) is 0 Å². The predicted molar refractivity (Wildman–Crippen MR) is 115 cm³/mol. The molecule has 4 rings (SSSR count). The number of benzene rings is 2. The van der Waals surface area contributed by atoms with Crippen LogP contribution >= 0.6 is 0 Å². The Morgan fingerprint density at radius 1 is 0.933 bits per heavy atom. The molecule has 1 saturated heterocycles. The molecule has 6 heteroatoms. The molecule has 0 aliphatic carbocycles. The largest absolute Gasteiger partial charge is 0.328 e. The van der Waals surface area contributed by atoms with Crippen LogP contribution in [0.3, 0.4) is 0 Å². The lowest BCUT2D eigenvalue weighted by molar-refractivity contribution is -0.917. The summed E-state index contributed by atoms with van der Waals surface area (Å²) in [7, 11) is 0. The number of piperazine rings is 1. The number of anilines is 1. The predicted octanol–water partition coefficient (Wildman–Crippen LogP) is 1.87. The van der Waals surface area contributed by atoms with Crippen molar-refractivity contribution in [1.82, 2.24) is 9.88 Å². The van der Waals surface area contributed by atoms with Crippen LogP contribution in [-0.2, 0) is 6.54 Å². The molecular formula is C24H25N4O2+. The van der Waals surface area contributed by atoms with Crippen molar-refractivity contribution in [3.8, 4) is 0 Å². The Bertz CT molecular complexity index is 1000. The summed E-state index contributed by atoms with van der Waals surface area (Å²) in [6.45, 7) is 4.19. The average Bonchev–Trinajstić information content (AvgIpc) is 2.81. The number of hydrogen-bond donors (Lipinski definition) is 2.